The summed E-state index contributed by atoms with van der Waals surface area (Å²) < 4.78 is 16.2. The van der Waals surface area contributed by atoms with Gasteiger partial charge in [0.15, 0.2) is 11.5 Å². The third kappa shape index (κ3) is 3.90. The van der Waals surface area contributed by atoms with E-state index in [4.69, 9.17) is 14.0 Å². The van der Waals surface area contributed by atoms with Crippen LogP contribution in [0.4, 0.5) is 5.69 Å². The molecule has 34 heavy (non-hydrogen) atoms. The first-order valence-electron chi connectivity index (χ1n) is 10.9. The van der Waals surface area contributed by atoms with E-state index in [1.54, 1.807) is 38.1 Å². The Morgan fingerprint density at radius 1 is 0.941 bits per heavy atom. The number of anilines is 1. The number of carbonyl (C=O) groups excluding carboxylic acids is 1. The van der Waals surface area contributed by atoms with Gasteiger partial charge in [-0.1, -0.05) is 36.0 Å². The molecule has 8 heteroatoms. The third-order valence-corrected chi connectivity index (χ3v) is 6.72. The first kappa shape index (κ1) is 22.0. The van der Waals surface area contributed by atoms with E-state index in [0.717, 1.165) is 33.0 Å². The highest BCUT2D eigenvalue weighted by molar-refractivity contribution is 7.99. The predicted molar refractivity (Wildman–Crippen MR) is 131 cm³/mol. The van der Waals surface area contributed by atoms with Crippen LogP contribution in [0.2, 0.25) is 0 Å². The molecule has 0 aliphatic carbocycles. The largest absolute Gasteiger partial charge is 0.493 e. The first-order valence-corrected chi connectivity index (χ1v) is 11.7. The SMILES string of the molecule is CCCN1C(=O)c2ccccc2Sc2cc(-c3noc(-c4ccc(OC)c(OC)c4)n3)ccc21. The number of benzene rings is 3. The number of nitrogens with zero attached hydrogens (tertiary/aromatic N) is 3. The van der Waals surface area contributed by atoms with E-state index < -0.39 is 0 Å². The Bertz CT molecular complexity index is 1370. The number of methoxy groups -OCH3 is 2. The Morgan fingerprint density at radius 2 is 1.74 bits per heavy atom. The summed E-state index contributed by atoms with van der Waals surface area (Å²) >= 11 is 1.58. The van der Waals surface area contributed by atoms with E-state index in [0.29, 0.717) is 35.3 Å². The lowest BCUT2D eigenvalue weighted by atomic mass is 10.1. The minimum absolute atomic E-state index is 0.0201. The zero-order valence-corrected chi connectivity index (χ0v) is 19.9. The number of aromatic nitrogens is 2. The predicted octanol–water partition coefficient (Wildman–Crippen LogP) is 5.94. The van der Waals surface area contributed by atoms with Gasteiger partial charge in [-0.2, -0.15) is 4.98 Å². The van der Waals surface area contributed by atoms with Crippen LogP contribution in [0.25, 0.3) is 22.8 Å². The van der Waals surface area contributed by atoms with Crippen molar-refractivity contribution in [3.63, 3.8) is 0 Å². The molecule has 0 fully saturated rings. The smallest absolute Gasteiger partial charge is 0.259 e. The molecule has 0 radical (unpaired) electrons. The molecule has 0 N–H and O–H groups in total. The fraction of sp³-hybridized carbons (Fsp3) is 0.192. The maximum absolute atomic E-state index is 13.3. The molecule has 0 bridgehead atoms. The summed E-state index contributed by atoms with van der Waals surface area (Å²) in [6, 6.07) is 19.1. The summed E-state index contributed by atoms with van der Waals surface area (Å²) in [6.45, 7) is 2.71. The minimum atomic E-state index is 0.0201. The van der Waals surface area contributed by atoms with Crippen molar-refractivity contribution in [1.29, 1.82) is 0 Å². The van der Waals surface area contributed by atoms with E-state index in [2.05, 4.69) is 17.1 Å². The Kier molecular flexibility index (Phi) is 5.98. The van der Waals surface area contributed by atoms with Crippen LogP contribution in [0.15, 0.2) is 75.0 Å². The first-order chi connectivity index (χ1) is 16.6. The molecule has 2 heterocycles. The van der Waals surface area contributed by atoms with Crippen LogP contribution in [-0.4, -0.2) is 36.8 Å². The Morgan fingerprint density at radius 3 is 2.53 bits per heavy atom. The van der Waals surface area contributed by atoms with Gasteiger partial charge in [-0.05, 0) is 55.0 Å². The summed E-state index contributed by atoms with van der Waals surface area (Å²) in [6.07, 6.45) is 0.860. The average molecular weight is 474 g/mol. The molecule has 0 unspecified atom stereocenters. The van der Waals surface area contributed by atoms with Crippen LogP contribution >= 0.6 is 11.8 Å². The lowest BCUT2D eigenvalue weighted by Gasteiger charge is -2.22. The molecule has 0 atom stereocenters. The monoisotopic (exact) mass is 473 g/mol. The highest BCUT2D eigenvalue weighted by atomic mass is 32.2. The minimum Gasteiger partial charge on any atom is -0.493 e. The number of fused-ring (bicyclic) bond motifs is 2. The molecular formula is C26H23N3O4S. The zero-order chi connectivity index (χ0) is 23.7. The Hall–Kier alpha value is -3.78. The molecule has 0 saturated carbocycles. The van der Waals surface area contributed by atoms with Gasteiger partial charge in [0, 0.05) is 27.5 Å². The summed E-state index contributed by atoms with van der Waals surface area (Å²) in [5.74, 6) is 2.08. The molecule has 5 rings (SSSR count). The lowest BCUT2D eigenvalue weighted by molar-refractivity contribution is 0.0984. The van der Waals surface area contributed by atoms with Gasteiger partial charge < -0.3 is 18.9 Å². The second-order valence-electron chi connectivity index (χ2n) is 7.73. The van der Waals surface area contributed by atoms with Gasteiger partial charge in [0.05, 0.1) is 25.5 Å². The maximum Gasteiger partial charge on any atom is 0.259 e. The van der Waals surface area contributed by atoms with Crippen molar-refractivity contribution in [3.8, 4) is 34.3 Å². The van der Waals surface area contributed by atoms with Crippen molar-refractivity contribution >= 4 is 23.4 Å². The number of rotatable bonds is 6. The van der Waals surface area contributed by atoms with E-state index in [-0.39, 0.29) is 5.91 Å². The lowest BCUT2D eigenvalue weighted by Crippen LogP contribution is -2.31. The van der Waals surface area contributed by atoms with Crippen LogP contribution in [-0.2, 0) is 0 Å². The molecular weight excluding hydrogens is 450 g/mol. The average Bonchev–Trinajstić information content (AvgIpc) is 3.33. The van der Waals surface area contributed by atoms with Crippen molar-refractivity contribution in [2.45, 2.75) is 23.1 Å². The van der Waals surface area contributed by atoms with Crippen molar-refractivity contribution in [1.82, 2.24) is 10.1 Å². The summed E-state index contributed by atoms with van der Waals surface area (Å²) in [4.78, 5) is 21.6. The van der Waals surface area contributed by atoms with Gasteiger partial charge in [-0.25, -0.2) is 0 Å². The number of ether oxygens (including phenoxy) is 2. The molecule has 3 aromatic carbocycles. The second-order valence-corrected chi connectivity index (χ2v) is 8.81. The van der Waals surface area contributed by atoms with Crippen molar-refractivity contribution in [2.24, 2.45) is 0 Å². The molecule has 7 nitrogen and oxygen atoms in total. The number of hydrogen-bond donors (Lipinski definition) is 0. The molecule has 0 spiro atoms. The summed E-state index contributed by atoms with van der Waals surface area (Å²) in [5, 5.41) is 4.20. The van der Waals surface area contributed by atoms with Gasteiger partial charge in [-0.3, -0.25) is 4.79 Å². The van der Waals surface area contributed by atoms with Crippen molar-refractivity contribution < 1.29 is 18.8 Å². The van der Waals surface area contributed by atoms with Crippen LogP contribution < -0.4 is 14.4 Å². The van der Waals surface area contributed by atoms with Crippen molar-refractivity contribution in [2.75, 3.05) is 25.7 Å². The van der Waals surface area contributed by atoms with Crippen LogP contribution in [0.5, 0.6) is 11.5 Å². The molecule has 172 valence electrons. The Balaban J connectivity index is 1.53. The van der Waals surface area contributed by atoms with Gasteiger partial charge in [0.2, 0.25) is 5.82 Å². The number of carbonyl (C=O) groups is 1. The van der Waals surface area contributed by atoms with E-state index >= 15 is 0 Å². The van der Waals surface area contributed by atoms with Crippen LogP contribution in [0, 0.1) is 0 Å². The molecule has 1 aromatic heterocycles. The van der Waals surface area contributed by atoms with Crippen molar-refractivity contribution in [3.05, 3.63) is 66.2 Å². The topological polar surface area (TPSA) is 77.7 Å². The standard InChI is InChI=1S/C26H23N3O4S/c1-4-13-29-19-11-9-16(15-23(19)34-22-8-6-5-7-18(22)26(29)30)24-27-25(33-28-24)17-10-12-20(31-2)21(14-17)32-3/h5-12,14-15H,4,13H2,1-3H3. The highest BCUT2D eigenvalue weighted by Gasteiger charge is 2.27. The second kappa shape index (κ2) is 9.23. The van der Waals surface area contributed by atoms with E-state index in [9.17, 15) is 4.79 Å². The van der Waals surface area contributed by atoms with Gasteiger partial charge in [0.1, 0.15) is 0 Å². The molecule has 1 aliphatic rings. The quantitative estimate of drug-likeness (QED) is 0.343. The van der Waals surface area contributed by atoms with Gasteiger partial charge in [-0.15, -0.1) is 0 Å². The fourth-order valence-corrected chi connectivity index (χ4v) is 5.05. The summed E-state index contributed by atoms with van der Waals surface area (Å²) in [7, 11) is 3.17. The van der Waals surface area contributed by atoms with Crippen LogP contribution in [0.1, 0.15) is 23.7 Å². The van der Waals surface area contributed by atoms with E-state index in [1.807, 2.05) is 53.4 Å². The van der Waals surface area contributed by atoms with Crippen LogP contribution in [0.3, 0.4) is 0 Å². The summed E-state index contributed by atoms with van der Waals surface area (Å²) in [5.41, 5.74) is 3.15. The molecule has 0 saturated heterocycles. The highest BCUT2D eigenvalue weighted by Crippen LogP contribution is 2.43. The van der Waals surface area contributed by atoms with Gasteiger partial charge >= 0.3 is 0 Å². The van der Waals surface area contributed by atoms with Gasteiger partial charge in [0.25, 0.3) is 11.8 Å². The Labute approximate surface area is 201 Å². The fourth-order valence-electron chi connectivity index (χ4n) is 3.94. The molecule has 1 amide bonds. The third-order valence-electron chi connectivity index (χ3n) is 5.60. The molecule has 1 aliphatic heterocycles. The maximum atomic E-state index is 13.3. The zero-order valence-electron chi connectivity index (χ0n) is 19.1. The molecule has 4 aromatic rings. The number of hydrogen-bond acceptors (Lipinski definition) is 7. The number of amides is 1. The normalized spacial score (nSPS) is 12.7. The van der Waals surface area contributed by atoms with E-state index in [1.165, 1.54) is 0 Å².